The smallest absolute Gasteiger partial charge is 0.153 e. The van der Waals surface area contributed by atoms with Crippen molar-refractivity contribution < 1.29 is 0 Å². The summed E-state index contributed by atoms with van der Waals surface area (Å²) in [5, 5.41) is 9.00. The molecule has 2 N–H and O–H groups in total. The molecule has 0 spiro atoms. The maximum atomic E-state index is 5.99. The number of nitrogen functional groups attached to an aromatic ring is 1. The van der Waals surface area contributed by atoms with Gasteiger partial charge in [0.05, 0.1) is 12.1 Å². The first kappa shape index (κ1) is 11.5. The third kappa shape index (κ3) is 1.69. The van der Waals surface area contributed by atoms with Gasteiger partial charge in [-0.15, -0.1) is 11.3 Å². The standard InChI is InChI=1S/C16H13N3S/c17-16-13-6-1-3-7-14(13)19(18-16)9-11-10-20-15-8-4-2-5-12(11)15/h1-8,10H,9H2,(H2,17,18). The van der Waals surface area contributed by atoms with Gasteiger partial charge in [-0.05, 0) is 34.5 Å². The zero-order chi connectivity index (χ0) is 13.5. The second-order valence-electron chi connectivity index (χ2n) is 4.82. The molecule has 3 nitrogen and oxygen atoms in total. The lowest BCUT2D eigenvalue weighted by molar-refractivity contribution is 0.721. The number of nitrogens with zero attached hydrogens (tertiary/aromatic N) is 2. The molecule has 4 rings (SSSR count). The van der Waals surface area contributed by atoms with E-state index in [2.05, 4.69) is 40.8 Å². The molecule has 0 saturated carbocycles. The first-order chi connectivity index (χ1) is 9.83. The maximum Gasteiger partial charge on any atom is 0.153 e. The summed E-state index contributed by atoms with van der Waals surface area (Å²) in [6.45, 7) is 0.752. The van der Waals surface area contributed by atoms with Crippen LogP contribution in [0, 0.1) is 0 Å². The highest BCUT2D eigenvalue weighted by atomic mass is 32.1. The average molecular weight is 279 g/mol. The molecule has 2 aromatic carbocycles. The molecule has 20 heavy (non-hydrogen) atoms. The van der Waals surface area contributed by atoms with Gasteiger partial charge >= 0.3 is 0 Å². The quantitative estimate of drug-likeness (QED) is 0.605. The van der Waals surface area contributed by atoms with E-state index in [-0.39, 0.29) is 0 Å². The number of rotatable bonds is 2. The molecule has 0 amide bonds. The average Bonchev–Trinajstić information content (AvgIpc) is 3.03. The molecule has 0 aliphatic heterocycles. The molecule has 0 fully saturated rings. The SMILES string of the molecule is Nc1nn(Cc2csc3ccccc23)c2ccccc12. The highest BCUT2D eigenvalue weighted by Crippen LogP contribution is 2.28. The summed E-state index contributed by atoms with van der Waals surface area (Å²) in [5.74, 6) is 0.597. The summed E-state index contributed by atoms with van der Waals surface area (Å²) in [7, 11) is 0. The number of nitrogens with two attached hydrogens (primary N) is 1. The van der Waals surface area contributed by atoms with E-state index in [1.165, 1.54) is 15.6 Å². The Hall–Kier alpha value is -2.33. The summed E-state index contributed by atoms with van der Waals surface area (Å²) < 4.78 is 3.30. The number of benzene rings is 2. The molecule has 98 valence electrons. The van der Waals surface area contributed by atoms with E-state index in [0.29, 0.717) is 5.82 Å². The number of aromatic nitrogens is 2. The maximum absolute atomic E-state index is 5.99. The van der Waals surface area contributed by atoms with Gasteiger partial charge in [-0.1, -0.05) is 30.3 Å². The monoisotopic (exact) mass is 279 g/mol. The molecular formula is C16H13N3S. The number of thiophene rings is 1. The van der Waals surface area contributed by atoms with Crippen molar-refractivity contribution in [1.29, 1.82) is 0 Å². The van der Waals surface area contributed by atoms with Crippen LogP contribution in [0.1, 0.15) is 5.56 Å². The highest BCUT2D eigenvalue weighted by Gasteiger charge is 2.10. The fourth-order valence-corrected chi connectivity index (χ4v) is 3.54. The summed E-state index contributed by atoms with van der Waals surface area (Å²) in [6.07, 6.45) is 0. The molecule has 0 bridgehead atoms. The molecule has 0 atom stereocenters. The number of hydrogen-bond donors (Lipinski definition) is 1. The Balaban J connectivity index is 1.85. The first-order valence-electron chi connectivity index (χ1n) is 6.49. The minimum absolute atomic E-state index is 0.597. The fraction of sp³-hybridized carbons (Fsp3) is 0.0625. The van der Waals surface area contributed by atoms with E-state index in [1.54, 1.807) is 11.3 Å². The van der Waals surface area contributed by atoms with Crippen molar-refractivity contribution in [3.63, 3.8) is 0 Å². The topological polar surface area (TPSA) is 43.8 Å². The van der Waals surface area contributed by atoms with Gasteiger partial charge in [0, 0.05) is 10.1 Å². The van der Waals surface area contributed by atoms with Gasteiger partial charge in [0.15, 0.2) is 5.82 Å². The molecule has 4 aromatic rings. The lowest BCUT2D eigenvalue weighted by atomic mass is 10.2. The van der Waals surface area contributed by atoms with Crippen molar-refractivity contribution in [2.45, 2.75) is 6.54 Å². The number of para-hydroxylation sites is 1. The zero-order valence-corrected chi connectivity index (χ0v) is 11.6. The summed E-state index contributed by atoms with van der Waals surface area (Å²) >= 11 is 1.77. The van der Waals surface area contributed by atoms with Gasteiger partial charge in [0.25, 0.3) is 0 Å². The Morgan fingerprint density at radius 3 is 2.65 bits per heavy atom. The van der Waals surface area contributed by atoms with Crippen LogP contribution in [0.25, 0.3) is 21.0 Å². The van der Waals surface area contributed by atoms with Crippen LogP contribution in [0.4, 0.5) is 5.82 Å². The molecule has 2 heterocycles. The van der Waals surface area contributed by atoms with Crippen LogP contribution < -0.4 is 5.73 Å². The normalized spacial score (nSPS) is 11.4. The Labute approximate surface area is 120 Å². The van der Waals surface area contributed by atoms with Gasteiger partial charge in [-0.25, -0.2) is 0 Å². The Kier molecular flexibility index (Phi) is 2.50. The van der Waals surface area contributed by atoms with Crippen molar-refractivity contribution in [2.24, 2.45) is 0 Å². The molecule has 0 aliphatic carbocycles. The number of anilines is 1. The van der Waals surface area contributed by atoms with Crippen LogP contribution in [-0.2, 0) is 6.54 Å². The van der Waals surface area contributed by atoms with Crippen LogP contribution in [0.2, 0.25) is 0 Å². The Bertz CT molecular complexity index is 904. The van der Waals surface area contributed by atoms with E-state index in [1.807, 2.05) is 22.9 Å². The van der Waals surface area contributed by atoms with Crippen molar-refractivity contribution in [3.05, 3.63) is 59.5 Å². The van der Waals surface area contributed by atoms with E-state index in [4.69, 9.17) is 5.73 Å². The van der Waals surface area contributed by atoms with E-state index in [9.17, 15) is 0 Å². The molecule has 0 unspecified atom stereocenters. The minimum Gasteiger partial charge on any atom is -0.382 e. The van der Waals surface area contributed by atoms with E-state index < -0.39 is 0 Å². The predicted molar refractivity (Wildman–Crippen MR) is 85.1 cm³/mol. The fourth-order valence-electron chi connectivity index (χ4n) is 2.59. The second-order valence-corrected chi connectivity index (χ2v) is 5.73. The molecule has 2 aromatic heterocycles. The van der Waals surface area contributed by atoms with Gasteiger partial charge in [-0.2, -0.15) is 5.10 Å². The third-order valence-electron chi connectivity index (χ3n) is 3.57. The van der Waals surface area contributed by atoms with E-state index >= 15 is 0 Å². The minimum atomic E-state index is 0.597. The van der Waals surface area contributed by atoms with Crippen molar-refractivity contribution in [2.75, 3.05) is 5.73 Å². The lowest BCUT2D eigenvalue weighted by Crippen LogP contribution is -2.01. The summed E-state index contributed by atoms with van der Waals surface area (Å²) in [4.78, 5) is 0. The van der Waals surface area contributed by atoms with Crippen LogP contribution in [0.5, 0.6) is 0 Å². The van der Waals surface area contributed by atoms with Crippen LogP contribution in [0.3, 0.4) is 0 Å². The van der Waals surface area contributed by atoms with Crippen LogP contribution in [0.15, 0.2) is 53.9 Å². The first-order valence-corrected chi connectivity index (χ1v) is 7.37. The van der Waals surface area contributed by atoms with Gasteiger partial charge < -0.3 is 5.73 Å². The summed E-state index contributed by atoms with van der Waals surface area (Å²) in [6, 6.07) is 16.6. The van der Waals surface area contributed by atoms with Crippen molar-refractivity contribution in [3.8, 4) is 0 Å². The van der Waals surface area contributed by atoms with Crippen molar-refractivity contribution >= 4 is 38.1 Å². The predicted octanol–water partition coefficient (Wildman–Crippen LogP) is 3.88. The molecule has 4 heteroatoms. The highest BCUT2D eigenvalue weighted by molar-refractivity contribution is 7.17. The zero-order valence-electron chi connectivity index (χ0n) is 10.8. The van der Waals surface area contributed by atoms with Gasteiger partial charge in [0.2, 0.25) is 0 Å². The van der Waals surface area contributed by atoms with Gasteiger partial charge in [0.1, 0.15) is 0 Å². The van der Waals surface area contributed by atoms with E-state index in [0.717, 1.165) is 17.4 Å². The van der Waals surface area contributed by atoms with Gasteiger partial charge in [-0.3, -0.25) is 4.68 Å². The van der Waals surface area contributed by atoms with Crippen LogP contribution in [-0.4, -0.2) is 9.78 Å². The molecule has 0 radical (unpaired) electrons. The Morgan fingerprint density at radius 1 is 1.00 bits per heavy atom. The lowest BCUT2D eigenvalue weighted by Gasteiger charge is -2.02. The van der Waals surface area contributed by atoms with Crippen LogP contribution >= 0.6 is 11.3 Å². The molecule has 0 aliphatic rings. The summed E-state index contributed by atoms with van der Waals surface area (Å²) in [5.41, 5.74) is 8.36. The Morgan fingerprint density at radius 2 is 1.75 bits per heavy atom. The number of fused-ring (bicyclic) bond motifs is 2. The van der Waals surface area contributed by atoms with Crippen molar-refractivity contribution in [1.82, 2.24) is 9.78 Å². The number of hydrogen-bond acceptors (Lipinski definition) is 3. The largest absolute Gasteiger partial charge is 0.382 e. The molecular weight excluding hydrogens is 266 g/mol. The second kappa shape index (κ2) is 4.35. The third-order valence-corrected chi connectivity index (χ3v) is 4.58. The molecule has 0 saturated heterocycles.